The van der Waals surface area contributed by atoms with Crippen molar-refractivity contribution >= 4 is 23.6 Å². The van der Waals surface area contributed by atoms with Crippen molar-refractivity contribution in [3.8, 4) is 0 Å². The quantitative estimate of drug-likeness (QED) is 0.638. The maximum Gasteiger partial charge on any atom is 0.309 e. The Labute approximate surface area is 69.5 Å². The summed E-state index contributed by atoms with van der Waals surface area (Å²) in [6, 6.07) is -0.833. The SMILES string of the molecule is CC(=O)[Se](C)(C)C.NC(N)=O. The Morgan fingerprint density at radius 1 is 1.09 bits per heavy atom. The minimum atomic E-state index is -1.53. The molecule has 0 heterocycles. The number of hydrogen-bond acceptors (Lipinski definition) is 2. The van der Waals surface area contributed by atoms with Crippen LogP contribution < -0.4 is 11.5 Å². The molecule has 0 aliphatic carbocycles. The van der Waals surface area contributed by atoms with Crippen molar-refractivity contribution in [3.63, 3.8) is 0 Å². The number of carbonyl (C=O) groups excluding carboxylic acids is 2. The predicted molar refractivity (Wildman–Crippen MR) is 47.8 cm³/mol. The van der Waals surface area contributed by atoms with Crippen molar-refractivity contribution in [2.45, 2.75) is 24.4 Å². The summed E-state index contributed by atoms with van der Waals surface area (Å²) in [5.74, 6) is 6.20. The van der Waals surface area contributed by atoms with E-state index in [2.05, 4.69) is 28.9 Å². The first-order valence-corrected chi connectivity index (χ1v) is 8.91. The fourth-order valence-electron chi connectivity index (χ4n) is 0. The molecule has 5 heteroatoms. The molecule has 0 aliphatic rings. The van der Waals surface area contributed by atoms with Crippen LogP contribution in [0.2, 0.25) is 17.5 Å². The average Bonchev–Trinajstić information content (AvgIpc) is 1.59. The molecule has 68 valence electrons. The Morgan fingerprint density at radius 2 is 1.18 bits per heavy atom. The summed E-state index contributed by atoms with van der Waals surface area (Å²) in [6.07, 6.45) is 0. The second kappa shape index (κ2) is 5.15. The number of amides is 2. The van der Waals surface area contributed by atoms with Crippen molar-refractivity contribution in [1.82, 2.24) is 0 Å². The van der Waals surface area contributed by atoms with Gasteiger partial charge in [0.15, 0.2) is 0 Å². The van der Waals surface area contributed by atoms with Gasteiger partial charge in [0.25, 0.3) is 0 Å². The zero-order valence-corrected chi connectivity index (χ0v) is 9.09. The molecular formula is C6H16N2O2Se. The Morgan fingerprint density at radius 3 is 1.18 bits per heavy atom. The monoisotopic (exact) mass is 228 g/mol. The second-order valence-corrected chi connectivity index (χ2v) is 11.6. The zero-order chi connectivity index (χ0) is 9.65. The average molecular weight is 227 g/mol. The molecule has 0 atom stereocenters. The van der Waals surface area contributed by atoms with Gasteiger partial charge in [-0.1, -0.05) is 0 Å². The minimum absolute atomic E-state index is 0.399. The van der Waals surface area contributed by atoms with E-state index in [1.165, 1.54) is 0 Å². The summed E-state index contributed by atoms with van der Waals surface area (Å²) < 4.78 is 0.399. The van der Waals surface area contributed by atoms with Crippen molar-refractivity contribution < 1.29 is 9.59 Å². The summed E-state index contributed by atoms with van der Waals surface area (Å²) in [7, 11) is 0. The Bertz CT molecular complexity index is 147. The third-order valence-electron chi connectivity index (χ3n) is 0.862. The number of urea groups is 1. The van der Waals surface area contributed by atoms with Gasteiger partial charge < -0.3 is 11.5 Å². The molecule has 0 saturated carbocycles. The first-order chi connectivity index (χ1) is 4.68. The van der Waals surface area contributed by atoms with Gasteiger partial charge in [0.05, 0.1) is 0 Å². The summed E-state index contributed by atoms with van der Waals surface area (Å²) in [5.41, 5.74) is 8.50. The first kappa shape index (κ1) is 13.1. The van der Waals surface area contributed by atoms with Gasteiger partial charge >= 0.3 is 52.7 Å². The number of primary amides is 2. The van der Waals surface area contributed by atoms with Crippen LogP contribution in [0.3, 0.4) is 0 Å². The molecule has 0 aromatic rings. The Kier molecular flexibility index (Phi) is 6.13. The molecule has 0 radical (unpaired) electrons. The maximum atomic E-state index is 10.5. The minimum Gasteiger partial charge on any atom is -0.352 e. The smallest absolute Gasteiger partial charge is 0.309 e. The van der Waals surface area contributed by atoms with E-state index in [-0.39, 0.29) is 0 Å². The van der Waals surface area contributed by atoms with E-state index in [9.17, 15) is 4.79 Å². The van der Waals surface area contributed by atoms with Crippen molar-refractivity contribution in [2.24, 2.45) is 11.5 Å². The molecule has 0 aromatic heterocycles. The molecular weight excluding hydrogens is 211 g/mol. The number of rotatable bonds is 1. The number of nitrogens with two attached hydrogens (primary N) is 2. The van der Waals surface area contributed by atoms with Gasteiger partial charge in [-0.05, 0) is 0 Å². The van der Waals surface area contributed by atoms with Gasteiger partial charge in [-0.15, -0.1) is 0 Å². The van der Waals surface area contributed by atoms with Crippen LogP contribution in [-0.2, 0) is 4.79 Å². The first-order valence-electron chi connectivity index (χ1n) is 2.91. The van der Waals surface area contributed by atoms with E-state index in [1.807, 2.05) is 0 Å². The molecule has 0 spiro atoms. The molecule has 0 fully saturated rings. The van der Waals surface area contributed by atoms with Crippen molar-refractivity contribution in [2.75, 3.05) is 0 Å². The molecule has 0 aromatic carbocycles. The van der Waals surface area contributed by atoms with Gasteiger partial charge in [-0.3, -0.25) is 0 Å². The van der Waals surface area contributed by atoms with Gasteiger partial charge in [0.1, 0.15) is 0 Å². The van der Waals surface area contributed by atoms with Crippen LogP contribution in [0.25, 0.3) is 0 Å². The van der Waals surface area contributed by atoms with E-state index in [1.54, 1.807) is 6.92 Å². The summed E-state index contributed by atoms with van der Waals surface area (Å²) in [4.78, 5) is 19.5. The molecule has 4 N–H and O–H groups in total. The van der Waals surface area contributed by atoms with Crippen molar-refractivity contribution in [3.05, 3.63) is 0 Å². The van der Waals surface area contributed by atoms with E-state index in [0.29, 0.717) is 4.68 Å². The molecule has 0 bridgehead atoms. The fraction of sp³-hybridized carbons (Fsp3) is 0.667. The van der Waals surface area contributed by atoms with Crippen LogP contribution in [0.4, 0.5) is 4.79 Å². The molecule has 0 aliphatic heterocycles. The maximum absolute atomic E-state index is 10.5. The molecule has 0 saturated heterocycles. The van der Waals surface area contributed by atoms with E-state index < -0.39 is 18.9 Å². The number of carbonyl (C=O) groups is 2. The van der Waals surface area contributed by atoms with E-state index in [0.717, 1.165) is 0 Å². The zero-order valence-electron chi connectivity index (χ0n) is 7.38. The Hall–Kier alpha value is -0.541. The largest absolute Gasteiger partial charge is 0.352 e. The topological polar surface area (TPSA) is 86.2 Å². The summed E-state index contributed by atoms with van der Waals surface area (Å²) >= 11 is -1.53. The van der Waals surface area contributed by atoms with Crippen LogP contribution in [0.1, 0.15) is 6.92 Å². The van der Waals surface area contributed by atoms with Gasteiger partial charge in [-0.2, -0.15) is 0 Å². The van der Waals surface area contributed by atoms with E-state index in [4.69, 9.17) is 4.79 Å². The third-order valence-corrected chi connectivity index (χ3v) is 4.48. The van der Waals surface area contributed by atoms with Crippen LogP contribution in [0.5, 0.6) is 0 Å². The van der Waals surface area contributed by atoms with Gasteiger partial charge in [-0.25, -0.2) is 4.79 Å². The van der Waals surface area contributed by atoms with Crippen LogP contribution >= 0.6 is 0 Å². The van der Waals surface area contributed by atoms with Crippen LogP contribution in [0, 0.1) is 0 Å². The number of hydrogen-bond donors (Lipinski definition) is 2. The van der Waals surface area contributed by atoms with Gasteiger partial charge in [0, 0.05) is 0 Å². The van der Waals surface area contributed by atoms with Crippen LogP contribution in [0.15, 0.2) is 0 Å². The molecule has 4 nitrogen and oxygen atoms in total. The fourth-order valence-corrected chi connectivity index (χ4v) is 0. The molecule has 2 amide bonds. The molecule has 0 rings (SSSR count). The van der Waals surface area contributed by atoms with E-state index >= 15 is 0 Å². The summed E-state index contributed by atoms with van der Waals surface area (Å²) in [6.45, 7) is 1.68. The second-order valence-electron chi connectivity index (χ2n) is 2.73. The standard InChI is InChI=1S/C5H12OSe.CH4N2O/c1-5(6)7(2,3)4;2-1(3)4/h1-4H3;(H4,2,3,4). The third kappa shape index (κ3) is 17.7. The normalized spacial score (nSPS) is 10.9. The molecule has 0 unspecified atom stereocenters. The van der Waals surface area contributed by atoms with Gasteiger partial charge in [0.2, 0.25) is 0 Å². The predicted octanol–water partition coefficient (Wildman–Crippen LogP) is 0.477. The Balaban J connectivity index is 0. The van der Waals surface area contributed by atoms with Crippen molar-refractivity contribution in [1.29, 1.82) is 0 Å². The summed E-state index contributed by atoms with van der Waals surface area (Å²) in [5, 5.41) is 0. The van der Waals surface area contributed by atoms with Crippen LogP contribution in [-0.4, -0.2) is 23.6 Å². The molecule has 11 heavy (non-hydrogen) atoms.